The van der Waals surface area contributed by atoms with E-state index in [9.17, 15) is 22.8 Å². The zero-order chi connectivity index (χ0) is 29.1. The van der Waals surface area contributed by atoms with Crippen LogP contribution in [-0.2, 0) is 22.5 Å². The van der Waals surface area contributed by atoms with E-state index in [-0.39, 0.29) is 18.7 Å². The SMILES string of the molecule is Cc1c(Oc2ccc(Cl)cc2)c2ccc(OC(F)(F)F)cc2n1Cc1ccccc1CC(C)(C)OC(=O)NC=O. The number of hydrogen-bond donors (Lipinski definition) is 1. The maximum absolute atomic E-state index is 13.0. The molecule has 0 spiro atoms. The molecule has 4 rings (SSSR count). The summed E-state index contributed by atoms with van der Waals surface area (Å²) in [5.74, 6) is 0.624. The molecule has 11 heteroatoms. The molecule has 0 bridgehead atoms. The predicted molar refractivity (Wildman–Crippen MR) is 144 cm³/mol. The molecule has 0 atom stereocenters. The molecule has 0 saturated heterocycles. The molecule has 0 saturated carbocycles. The van der Waals surface area contributed by atoms with Crippen LogP contribution >= 0.6 is 11.6 Å². The van der Waals surface area contributed by atoms with Crippen molar-refractivity contribution in [2.24, 2.45) is 0 Å². The van der Waals surface area contributed by atoms with Gasteiger partial charge in [0.2, 0.25) is 6.41 Å². The maximum Gasteiger partial charge on any atom is 0.573 e. The Labute approximate surface area is 233 Å². The number of hydrogen-bond acceptors (Lipinski definition) is 5. The largest absolute Gasteiger partial charge is 0.573 e. The molecule has 7 nitrogen and oxygen atoms in total. The van der Waals surface area contributed by atoms with Gasteiger partial charge in [0.15, 0.2) is 5.75 Å². The standard InChI is InChI=1S/C29H26ClF3N2O5/c1-18-26(38-22-10-8-21(30)9-11-22)24-13-12-23(39-29(31,32)33)14-25(24)35(18)16-20-7-5-4-6-19(20)15-28(2,3)40-27(37)34-17-36/h4-14,17H,15-16H2,1-3H3,(H,34,36,37). The van der Waals surface area contributed by atoms with Gasteiger partial charge in [0.05, 0.1) is 11.2 Å². The molecular formula is C29H26ClF3N2O5. The monoisotopic (exact) mass is 574 g/mol. The summed E-state index contributed by atoms with van der Waals surface area (Å²) in [6, 6.07) is 18.3. The molecule has 2 amide bonds. The number of imide groups is 1. The van der Waals surface area contributed by atoms with Crippen LogP contribution in [0.4, 0.5) is 18.0 Å². The molecule has 210 valence electrons. The molecular weight excluding hydrogens is 549 g/mol. The van der Waals surface area contributed by atoms with E-state index in [4.69, 9.17) is 21.1 Å². The number of carbonyl (C=O) groups excluding carboxylic acids is 2. The van der Waals surface area contributed by atoms with Crippen LogP contribution < -0.4 is 14.8 Å². The Balaban J connectivity index is 1.76. The number of rotatable bonds is 9. The van der Waals surface area contributed by atoms with Crippen LogP contribution in [0.3, 0.4) is 0 Å². The van der Waals surface area contributed by atoms with Crippen molar-refractivity contribution in [3.63, 3.8) is 0 Å². The maximum atomic E-state index is 13.0. The van der Waals surface area contributed by atoms with Crippen LogP contribution in [0.25, 0.3) is 10.9 Å². The fourth-order valence-corrected chi connectivity index (χ4v) is 4.58. The predicted octanol–water partition coefficient (Wildman–Crippen LogP) is 7.55. The number of nitrogens with zero attached hydrogens (tertiary/aromatic N) is 1. The van der Waals surface area contributed by atoms with Gasteiger partial charge < -0.3 is 18.8 Å². The molecule has 1 aromatic heterocycles. The van der Waals surface area contributed by atoms with Gasteiger partial charge in [-0.05, 0) is 68.3 Å². The third-order valence-electron chi connectivity index (χ3n) is 6.11. The van der Waals surface area contributed by atoms with Gasteiger partial charge in [0, 0.05) is 29.4 Å². The first-order chi connectivity index (χ1) is 18.8. The highest BCUT2D eigenvalue weighted by atomic mass is 35.5. The zero-order valence-corrected chi connectivity index (χ0v) is 22.6. The summed E-state index contributed by atoms with van der Waals surface area (Å²) in [5.41, 5.74) is 1.86. The minimum absolute atomic E-state index is 0.243. The van der Waals surface area contributed by atoms with E-state index >= 15 is 0 Å². The second kappa shape index (κ2) is 11.5. The van der Waals surface area contributed by atoms with Crippen molar-refractivity contribution in [2.45, 2.75) is 45.7 Å². The first kappa shape index (κ1) is 28.8. The quantitative estimate of drug-likeness (QED) is 0.209. The molecule has 0 aliphatic carbocycles. The first-order valence-corrected chi connectivity index (χ1v) is 12.5. The number of nitrogens with one attached hydrogen (secondary N) is 1. The molecule has 4 aromatic rings. The van der Waals surface area contributed by atoms with E-state index in [1.807, 2.05) is 41.1 Å². The minimum Gasteiger partial charge on any atom is -0.455 e. The van der Waals surface area contributed by atoms with Gasteiger partial charge in [-0.3, -0.25) is 10.1 Å². The topological polar surface area (TPSA) is 78.8 Å². The van der Waals surface area contributed by atoms with Crippen molar-refractivity contribution < 1.29 is 37.0 Å². The van der Waals surface area contributed by atoms with E-state index in [1.165, 1.54) is 18.2 Å². The number of fused-ring (bicyclic) bond motifs is 1. The Morgan fingerprint density at radius 2 is 1.65 bits per heavy atom. The van der Waals surface area contributed by atoms with Gasteiger partial charge in [-0.15, -0.1) is 13.2 Å². The number of benzene rings is 3. The molecule has 40 heavy (non-hydrogen) atoms. The highest BCUT2D eigenvalue weighted by Crippen LogP contribution is 2.39. The third kappa shape index (κ3) is 7.06. The Morgan fingerprint density at radius 1 is 1.00 bits per heavy atom. The molecule has 3 aromatic carbocycles. The zero-order valence-electron chi connectivity index (χ0n) is 21.8. The van der Waals surface area contributed by atoms with E-state index < -0.39 is 18.1 Å². The molecule has 1 N–H and O–H groups in total. The van der Waals surface area contributed by atoms with Gasteiger partial charge in [-0.1, -0.05) is 35.9 Å². The Morgan fingerprint density at radius 3 is 2.30 bits per heavy atom. The van der Waals surface area contributed by atoms with Crippen LogP contribution in [-0.4, -0.2) is 29.0 Å². The van der Waals surface area contributed by atoms with Gasteiger partial charge >= 0.3 is 12.5 Å². The second-order valence-corrected chi connectivity index (χ2v) is 10.1. The number of ether oxygens (including phenoxy) is 3. The highest BCUT2D eigenvalue weighted by Gasteiger charge is 2.32. The minimum atomic E-state index is -4.85. The van der Waals surface area contributed by atoms with Crippen molar-refractivity contribution in [3.8, 4) is 17.2 Å². The lowest BCUT2D eigenvalue weighted by Crippen LogP contribution is -2.36. The average molecular weight is 575 g/mol. The second-order valence-electron chi connectivity index (χ2n) is 9.64. The van der Waals surface area contributed by atoms with E-state index in [0.29, 0.717) is 39.5 Å². The summed E-state index contributed by atoms with van der Waals surface area (Å²) >= 11 is 6.00. The lowest BCUT2D eigenvalue weighted by atomic mass is 9.94. The number of aromatic nitrogens is 1. The number of carbonyl (C=O) groups is 2. The van der Waals surface area contributed by atoms with Crippen LogP contribution in [0.15, 0.2) is 66.7 Å². The Bertz CT molecular complexity index is 1530. The van der Waals surface area contributed by atoms with Gasteiger partial charge in [-0.25, -0.2) is 4.79 Å². The first-order valence-electron chi connectivity index (χ1n) is 12.2. The summed E-state index contributed by atoms with van der Waals surface area (Å²) in [5, 5.41) is 3.08. The van der Waals surface area contributed by atoms with Crippen LogP contribution in [0, 0.1) is 6.92 Å². The normalized spacial score (nSPS) is 11.8. The summed E-state index contributed by atoms with van der Waals surface area (Å²) in [7, 11) is 0. The number of halogens is 4. The van der Waals surface area contributed by atoms with Crippen LogP contribution in [0.1, 0.15) is 30.7 Å². The average Bonchev–Trinajstić information content (AvgIpc) is 3.10. The number of amides is 2. The molecule has 1 heterocycles. The lowest BCUT2D eigenvalue weighted by molar-refractivity contribution is -0.274. The van der Waals surface area contributed by atoms with Crippen molar-refractivity contribution in [2.75, 3.05) is 0 Å². The molecule has 0 unspecified atom stereocenters. The number of alkyl halides is 3. The van der Waals surface area contributed by atoms with E-state index in [2.05, 4.69) is 4.74 Å². The van der Waals surface area contributed by atoms with Crippen molar-refractivity contribution in [1.82, 2.24) is 9.88 Å². The molecule has 0 aliphatic rings. The van der Waals surface area contributed by atoms with Crippen LogP contribution in [0.2, 0.25) is 5.02 Å². The fourth-order valence-electron chi connectivity index (χ4n) is 4.45. The van der Waals surface area contributed by atoms with E-state index in [0.717, 1.165) is 11.1 Å². The van der Waals surface area contributed by atoms with E-state index in [1.54, 1.807) is 38.1 Å². The smallest absolute Gasteiger partial charge is 0.455 e. The van der Waals surface area contributed by atoms with Gasteiger partial charge in [-0.2, -0.15) is 0 Å². The van der Waals surface area contributed by atoms with Gasteiger partial charge in [0.25, 0.3) is 0 Å². The Kier molecular flexibility index (Phi) is 8.29. The van der Waals surface area contributed by atoms with Crippen molar-refractivity contribution in [3.05, 3.63) is 88.6 Å². The van der Waals surface area contributed by atoms with Crippen molar-refractivity contribution >= 4 is 35.0 Å². The molecule has 0 radical (unpaired) electrons. The summed E-state index contributed by atoms with van der Waals surface area (Å²) < 4.78 is 56.7. The van der Waals surface area contributed by atoms with Gasteiger partial charge in [0.1, 0.15) is 17.1 Å². The highest BCUT2D eigenvalue weighted by molar-refractivity contribution is 6.30. The molecule has 0 aliphatic heterocycles. The van der Waals surface area contributed by atoms with Crippen molar-refractivity contribution in [1.29, 1.82) is 0 Å². The number of alkyl carbamates (subject to hydrolysis) is 1. The fraction of sp³-hybridized carbons (Fsp3) is 0.241. The van der Waals surface area contributed by atoms with Crippen LogP contribution in [0.5, 0.6) is 17.2 Å². The summed E-state index contributed by atoms with van der Waals surface area (Å²) in [6.45, 7) is 5.51. The third-order valence-corrected chi connectivity index (χ3v) is 6.37. The Hall–Kier alpha value is -4.18. The lowest BCUT2D eigenvalue weighted by Gasteiger charge is -2.26. The molecule has 0 fully saturated rings. The summed E-state index contributed by atoms with van der Waals surface area (Å²) in [4.78, 5) is 22.4. The summed E-state index contributed by atoms with van der Waals surface area (Å²) in [6.07, 6.45) is -5.17.